The van der Waals surface area contributed by atoms with Gasteiger partial charge in [-0.05, 0) is 25.3 Å². The molecule has 25 heteroatoms. The van der Waals surface area contributed by atoms with Crippen LogP contribution in [0, 0.1) is 5.92 Å². The van der Waals surface area contributed by atoms with Gasteiger partial charge in [0.2, 0.25) is 65.0 Å². The van der Waals surface area contributed by atoms with Crippen molar-refractivity contribution in [1.29, 1.82) is 0 Å². The highest BCUT2D eigenvalue weighted by molar-refractivity contribution is 8.00. The van der Waals surface area contributed by atoms with Crippen molar-refractivity contribution in [1.82, 2.24) is 42.5 Å². The maximum absolute atomic E-state index is 13.4. The number of hydrogen-bond acceptors (Lipinski definition) is 14. The zero-order valence-corrected chi connectivity index (χ0v) is 37.3. The Morgan fingerprint density at radius 3 is 1.63 bits per heavy atom. The summed E-state index contributed by atoms with van der Waals surface area (Å²) in [7, 11) is 0. The van der Waals surface area contributed by atoms with Gasteiger partial charge < -0.3 is 64.8 Å². The molecule has 1 aromatic carbocycles. The summed E-state index contributed by atoms with van der Waals surface area (Å²) in [5, 5.41) is 29.6. The minimum Gasteiger partial charge on any atom is -0.391 e. The van der Waals surface area contributed by atoms with E-state index in [4.69, 9.17) is 17.2 Å². The Hall–Kier alpha value is -5.95. The topological polar surface area (TPSA) is 382 Å². The molecule has 0 aliphatic rings. The Kier molecular flexibility index (Phi) is 25.0. The zero-order chi connectivity index (χ0) is 47.8. The number of hydrogen-bond donors (Lipinski definition) is 12. The van der Waals surface area contributed by atoms with Crippen LogP contribution in [-0.4, -0.2) is 149 Å². The molecule has 0 fully saturated rings. The van der Waals surface area contributed by atoms with Crippen molar-refractivity contribution in [3.63, 3.8) is 0 Å². The van der Waals surface area contributed by atoms with Crippen LogP contribution < -0.4 is 59.7 Å². The summed E-state index contributed by atoms with van der Waals surface area (Å²) in [6.45, 7) is 5.82. The van der Waals surface area contributed by atoms with Crippen molar-refractivity contribution >= 4 is 88.5 Å². The highest BCUT2D eigenvalue weighted by Gasteiger charge is 2.32. The number of aliphatic hydroxyl groups excluding tert-OH is 1. The van der Waals surface area contributed by atoms with Gasteiger partial charge in [-0.25, -0.2) is 0 Å². The summed E-state index contributed by atoms with van der Waals surface area (Å²) in [5.41, 5.74) is 16.2. The van der Waals surface area contributed by atoms with E-state index >= 15 is 0 Å². The monoisotopic (exact) mass is 925 g/mol. The molecule has 0 spiro atoms. The van der Waals surface area contributed by atoms with E-state index in [0.29, 0.717) is 12.0 Å². The van der Waals surface area contributed by atoms with Gasteiger partial charge >= 0.3 is 0 Å². The molecule has 1 rings (SSSR count). The van der Waals surface area contributed by atoms with Crippen molar-refractivity contribution in [2.45, 2.75) is 89.8 Å². The molecule has 0 unspecified atom stereocenters. The first-order chi connectivity index (χ1) is 29.5. The number of nitrogens with one attached hydrogen (secondary N) is 8. The summed E-state index contributed by atoms with van der Waals surface area (Å²) in [6.07, 6.45) is -1.09. The van der Waals surface area contributed by atoms with Gasteiger partial charge in [-0.2, -0.15) is 0 Å². The van der Waals surface area contributed by atoms with E-state index in [9.17, 15) is 57.8 Å². The summed E-state index contributed by atoms with van der Waals surface area (Å²) in [4.78, 5) is 137. The molecule has 11 amide bonds. The Balaban J connectivity index is 2.96. The summed E-state index contributed by atoms with van der Waals surface area (Å²) < 4.78 is 0. The van der Waals surface area contributed by atoms with Crippen LogP contribution in [0.25, 0.3) is 0 Å². The van der Waals surface area contributed by atoms with Gasteiger partial charge in [0.15, 0.2) is 0 Å². The maximum atomic E-state index is 13.4. The molecule has 0 saturated carbocycles. The van der Waals surface area contributed by atoms with Crippen LogP contribution in [0.5, 0.6) is 0 Å². The fraction of sp³-hybridized carbons (Fsp3) is 0.553. The molecular weight excluding hydrogens is 867 g/mol. The summed E-state index contributed by atoms with van der Waals surface area (Å²) in [5.74, 6) is -9.41. The van der Waals surface area contributed by atoms with Crippen molar-refractivity contribution in [3.05, 3.63) is 35.9 Å². The number of primary amides is 3. The number of benzene rings is 1. The first-order valence-electron chi connectivity index (χ1n) is 19.6. The number of nitrogens with two attached hydrogens (primary N) is 3. The predicted molar refractivity (Wildman–Crippen MR) is 232 cm³/mol. The number of carbonyl (C=O) groups is 11. The standard InChI is InChI=1S/C38H59N11O12S2/c1-6-19(2)31(48-36(59)26(45-22(5)51)16-63-18-28(40)53)37(60)43-14-30(55)46-24(12-23-10-8-7-9-11-23)35(58)42-13-29(54)44-20(3)34(57)49-32(21(4)50)38(61)47-25(33(41)56)15-62-17-27(39)52/h7-11,19-21,24-26,31-32,50H,6,12-18H2,1-5H3,(H2,39,52)(H2,40,53)(H2,41,56)(H,42,58)(H,43,60)(H,44,54)(H,45,51)(H,46,55)(H,47,61)(H,48,59)(H,49,57)/t19-,20-,21+,24-,25-,26-,31-,32-/m0/s1. The van der Waals surface area contributed by atoms with Crippen molar-refractivity contribution in [2.75, 3.05) is 36.1 Å². The fourth-order valence-corrected chi connectivity index (χ4v) is 6.90. The van der Waals surface area contributed by atoms with E-state index < -0.39 is 126 Å². The van der Waals surface area contributed by atoms with E-state index in [0.717, 1.165) is 23.5 Å². The van der Waals surface area contributed by atoms with Crippen LogP contribution in [-0.2, 0) is 59.2 Å². The number of thioether (sulfide) groups is 2. The molecule has 15 N–H and O–H groups in total. The van der Waals surface area contributed by atoms with E-state index in [1.165, 1.54) is 20.8 Å². The Bertz CT molecular complexity index is 1790. The van der Waals surface area contributed by atoms with E-state index in [1.807, 2.05) is 0 Å². The minimum atomic E-state index is -1.60. The Morgan fingerprint density at radius 2 is 1.13 bits per heavy atom. The van der Waals surface area contributed by atoms with Crippen molar-refractivity contribution in [3.8, 4) is 0 Å². The number of amides is 11. The summed E-state index contributed by atoms with van der Waals surface area (Å²) in [6, 6.07) is 0.824. The van der Waals surface area contributed by atoms with Crippen LogP contribution >= 0.6 is 23.5 Å². The second-order valence-corrected chi connectivity index (χ2v) is 16.4. The van der Waals surface area contributed by atoms with Crippen molar-refractivity contribution < 1.29 is 57.8 Å². The lowest BCUT2D eigenvalue weighted by atomic mass is 9.98. The van der Waals surface area contributed by atoms with Gasteiger partial charge in [0.25, 0.3) is 0 Å². The minimum absolute atomic E-state index is 0.0129. The molecule has 8 atom stereocenters. The third-order valence-corrected chi connectivity index (χ3v) is 10.9. The predicted octanol–water partition coefficient (Wildman–Crippen LogP) is -5.24. The number of carbonyl (C=O) groups excluding carboxylic acids is 11. The van der Waals surface area contributed by atoms with Gasteiger partial charge in [-0.3, -0.25) is 52.7 Å². The van der Waals surface area contributed by atoms with Crippen LogP contribution in [0.3, 0.4) is 0 Å². The smallest absolute Gasteiger partial charge is 0.245 e. The highest BCUT2D eigenvalue weighted by Crippen LogP contribution is 2.11. The van der Waals surface area contributed by atoms with Gasteiger partial charge in [0.05, 0.1) is 30.7 Å². The zero-order valence-electron chi connectivity index (χ0n) is 35.6. The van der Waals surface area contributed by atoms with Gasteiger partial charge in [0, 0.05) is 24.9 Å². The Morgan fingerprint density at radius 1 is 0.603 bits per heavy atom. The quantitative estimate of drug-likeness (QED) is 0.0358. The lowest BCUT2D eigenvalue weighted by Crippen LogP contribution is -2.60. The van der Waals surface area contributed by atoms with E-state index in [2.05, 4.69) is 42.5 Å². The second-order valence-electron chi connectivity index (χ2n) is 14.3. The van der Waals surface area contributed by atoms with E-state index in [1.54, 1.807) is 44.2 Å². The van der Waals surface area contributed by atoms with Crippen LogP contribution in [0.1, 0.15) is 46.6 Å². The molecule has 23 nitrogen and oxygen atoms in total. The molecular formula is C38H59N11O12S2. The largest absolute Gasteiger partial charge is 0.391 e. The lowest BCUT2D eigenvalue weighted by Gasteiger charge is -2.26. The highest BCUT2D eigenvalue weighted by atomic mass is 32.2. The second kappa shape index (κ2) is 28.6. The van der Waals surface area contributed by atoms with Gasteiger partial charge in [0.1, 0.15) is 36.3 Å². The molecule has 0 aliphatic heterocycles. The molecule has 350 valence electrons. The average Bonchev–Trinajstić information content (AvgIpc) is 3.21. The van der Waals surface area contributed by atoms with Crippen LogP contribution in [0.4, 0.5) is 0 Å². The third kappa shape index (κ3) is 22.1. The van der Waals surface area contributed by atoms with E-state index in [-0.39, 0.29) is 29.4 Å². The molecule has 0 saturated heterocycles. The fourth-order valence-electron chi connectivity index (χ4n) is 5.31. The van der Waals surface area contributed by atoms with Crippen molar-refractivity contribution in [2.24, 2.45) is 23.1 Å². The molecule has 0 bridgehead atoms. The van der Waals surface area contributed by atoms with Crippen LogP contribution in [0.2, 0.25) is 0 Å². The third-order valence-electron chi connectivity index (χ3n) is 8.82. The van der Waals surface area contributed by atoms with Gasteiger partial charge in [-0.1, -0.05) is 50.6 Å². The first kappa shape index (κ1) is 55.1. The lowest BCUT2D eigenvalue weighted by molar-refractivity contribution is -0.135. The SMILES string of the molecule is CC[C@H](C)[C@H](NC(=O)[C@H](CSCC(N)=O)NC(C)=O)C(=O)NCC(=O)N[C@@H](Cc1ccccc1)C(=O)NCC(=O)N[C@@H](C)C(=O)N[C@H](C(=O)N[C@@H](CSCC(N)=O)C(N)=O)[C@@H](C)O. The normalized spacial score (nSPS) is 14.6. The molecule has 0 radical (unpaired) electrons. The van der Waals surface area contributed by atoms with Gasteiger partial charge in [-0.15, -0.1) is 23.5 Å². The average molecular weight is 926 g/mol. The molecule has 1 aromatic rings. The number of aliphatic hydroxyl groups is 1. The molecule has 0 aliphatic carbocycles. The Labute approximate surface area is 372 Å². The molecule has 0 heterocycles. The molecule has 63 heavy (non-hydrogen) atoms. The number of rotatable bonds is 29. The maximum Gasteiger partial charge on any atom is 0.245 e. The van der Waals surface area contributed by atoms with Crippen LogP contribution in [0.15, 0.2) is 30.3 Å². The summed E-state index contributed by atoms with van der Waals surface area (Å²) >= 11 is 1.94. The molecule has 0 aromatic heterocycles. The first-order valence-corrected chi connectivity index (χ1v) is 21.9.